The van der Waals surface area contributed by atoms with Crippen molar-refractivity contribution in [1.29, 1.82) is 0 Å². The van der Waals surface area contributed by atoms with Gasteiger partial charge in [0.25, 0.3) is 0 Å². The number of hydrogen-bond acceptors (Lipinski definition) is 2. The highest BCUT2D eigenvalue weighted by atomic mass is 16.5. The lowest BCUT2D eigenvalue weighted by Crippen LogP contribution is -2.13. The molecule has 0 aliphatic heterocycles. The zero-order chi connectivity index (χ0) is 14.2. The number of para-hydroxylation sites is 1. The van der Waals surface area contributed by atoms with Gasteiger partial charge in [0.05, 0.1) is 6.61 Å². The fourth-order valence-corrected chi connectivity index (χ4v) is 2.20. The van der Waals surface area contributed by atoms with Crippen molar-refractivity contribution >= 4 is 0 Å². The van der Waals surface area contributed by atoms with E-state index in [1.165, 1.54) is 17.5 Å². The van der Waals surface area contributed by atoms with Gasteiger partial charge in [-0.05, 0) is 37.1 Å². The van der Waals surface area contributed by atoms with Crippen molar-refractivity contribution in [2.45, 2.75) is 26.8 Å². The molecule has 2 heteroatoms. The minimum absolute atomic E-state index is 0.691. The average Bonchev–Trinajstić information content (AvgIpc) is 2.49. The van der Waals surface area contributed by atoms with Gasteiger partial charge in [-0.2, -0.15) is 0 Å². The highest BCUT2D eigenvalue weighted by molar-refractivity contribution is 5.70. The molecule has 0 fully saturated rings. The Morgan fingerprint density at radius 1 is 0.950 bits per heavy atom. The van der Waals surface area contributed by atoms with Crippen LogP contribution in [0.4, 0.5) is 0 Å². The average molecular weight is 269 g/mol. The molecule has 0 atom stereocenters. The molecule has 2 aromatic rings. The fourth-order valence-electron chi connectivity index (χ4n) is 2.20. The summed E-state index contributed by atoms with van der Waals surface area (Å²) < 4.78 is 5.69. The van der Waals surface area contributed by atoms with Gasteiger partial charge >= 0.3 is 0 Å². The second-order valence-corrected chi connectivity index (χ2v) is 4.80. The van der Waals surface area contributed by atoms with Gasteiger partial charge in [0.2, 0.25) is 0 Å². The zero-order valence-electron chi connectivity index (χ0n) is 12.4. The molecule has 2 aromatic carbocycles. The second kappa shape index (κ2) is 7.71. The van der Waals surface area contributed by atoms with Crippen LogP contribution < -0.4 is 10.1 Å². The maximum absolute atomic E-state index is 5.69. The van der Waals surface area contributed by atoms with Crippen LogP contribution in [0.2, 0.25) is 0 Å². The van der Waals surface area contributed by atoms with Gasteiger partial charge in [-0.15, -0.1) is 0 Å². The maximum atomic E-state index is 5.69. The molecule has 106 valence electrons. The van der Waals surface area contributed by atoms with E-state index in [2.05, 4.69) is 48.6 Å². The topological polar surface area (TPSA) is 21.3 Å². The molecular formula is C18H23NO. The normalized spacial score (nSPS) is 10.5. The molecule has 0 aliphatic carbocycles. The first-order valence-electron chi connectivity index (χ1n) is 7.37. The Bertz CT molecular complexity index is 519. The van der Waals surface area contributed by atoms with E-state index < -0.39 is 0 Å². The zero-order valence-corrected chi connectivity index (χ0v) is 12.4. The molecule has 0 aromatic heterocycles. The Balaban J connectivity index is 2.13. The van der Waals surface area contributed by atoms with E-state index in [9.17, 15) is 0 Å². The third kappa shape index (κ3) is 3.84. The summed E-state index contributed by atoms with van der Waals surface area (Å²) >= 11 is 0. The van der Waals surface area contributed by atoms with Gasteiger partial charge < -0.3 is 10.1 Å². The van der Waals surface area contributed by atoms with E-state index in [0.29, 0.717) is 6.61 Å². The third-order valence-electron chi connectivity index (χ3n) is 3.21. The van der Waals surface area contributed by atoms with E-state index in [0.717, 1.165) is 24.4 Å². The molecule has 0 spiro atoms. The van der Waals surface area contributed by atoms with Gasteiger partial charge in [0, 0.05) is 12.1 Å². The van der Waals surface area contributed by atoms with E-state index >= 15 is 0 Å². The summed E-state index contributed by atoms with van der Waals surface area (Å²) in [6.07, 6.45) is 1.17. The molecule has 0 aliphatic rings. The Hall–Kier alpha value is -1.80. The molecule has 0 radical (unpaired) electrons. The molecular weight excluding hydrogens is 246 g/mol. The Morgan fingerprint density at radius 3 is 2.40 bits per heavy atom. The standard InChI is InChI=1S/C18H23NO/c1-3-13-19-14-15-9-11-16(12-10-15)17-7-5-6-8-18(17)20-4-2/h5-12,19H,3-4,13-14H2,1-2H3. The number of hydrogen-bond donors (Lipinski definition) is 1. The Kier molecular flexibility index (Phi) is 5.63. The van der Waals surface area contributed by atoms with Crippen LogP contribution in [-0.2, 0) is 6.54 Å². The van der Waals surface area contributed by atoms with E-state index in [4.69, 9.17) is 4.74 Å². The summed E-state index contributed by atoms with van der Waals surface area (Å²) in [4.78, 5) is 0. The predicted molar refractivity (Wildman–Crippen MR) is 85.0 cm³/mol. The number of rotatable bonds is 7. The van der Waals surface area contributed by atoms with Crippen LogP contribution in [0.5, 0.6) is 5.75 Å². The molecule has 0 unspecified atom stereocenters. The molecule has 0 heterocycles. The molecule has 0 saturated heterocycles. The first-order chi connectivity index (χ1) is 9.85. The first-order valence-corrected chi connectivity index (χ1v) is 7.37. The molecule has 2 nitrogen and oxygen atoms in total. The fraction of sp³-hybridized carbons (Fsp3) is 0.333. The minimum Gasteiger partial charge on any atom is -0.493 e. The summed E-state index contributed by atoms with van der Waals surface area (Å²) in [6, 6.07) is 16.9. The summed E-state index contributed by atoms with van der Waals surface area (Å²) in [5.74, 6) is 0.951. The molecule has 2 rings (SSSR count). The second-order valence-electron chi connectivity index (χ2n) is 4.80. The molecule has 0 saturated carbocycles. The Labute approximate surface area is 121 Å². The molecule has 0 amide bonds. The van der Waals surface area contributed by atoms with Crippen LogP contribution in [0.3, 0.4) is 0 Å². The maximum Gasteiger partial charge on any atom is 0.127 e. The smallest absolute Gasteiger partial charge is 0.127 e. The number of benzene rings is 2. The van der Waals surface area contributed by atoms with E-state index in [1.54, 1.807) is 0 Å². The van der Waals surface area contributed by atoms with Crippen LogP contribution in [0, 0.1) is 0 Å². The van der Waals surface area contributed by atoms with Crippen molar-refractivity contribution in [2.24, 2.45) is 0 Å². The summed E-state index contributed by atoms with van der Waals surface area (Å²) in [5, 5.41) is 3.42. The van der Waals surface area contributed by atoms with Gasteiger partial charge in [-0.25, -0.2) is 0 Å². The summed E-state index contributed by atoms with van der Waals surface area (Å²) in [6.45, 7) is 6.88. The monoisotopic (exact) mass is 269 g/mol. The predicted octanol–water partition coefficient (Wildman–Crippen LogP) is 4.25. The van der Waals surface area contributed by atoms with Crippen LogP contribution in [0.25, 0.3) is 11.1 Å². The van der Waals surface area contributed by atoms with Gasteiger partial charge in [0.1, 0.15) is 5.75 Å². The van der Waals surface area contributed by atoms with Crippen LogP contribution in [0.15, 0.2) is 48.5 Å². The highest BCUT2D eigenvalue weighted by Gasteiger charge is 2.05. The summed E-state index contributed by atoms with van der Waals surface area (Å²) in [5.41, 5.74) is 3.67. The highest BCUT2D eigenvalue weighted by Crippen LogP contribution is 2.29. The van der Waals surface area contributed by atoms with Gasteiger partial charge in [-0.3, -0.25) is 0 Å². The van der Waals surface area contributed by atoms with Crippen molar-refractivity contribution in [1.82, 2.24) is 5.32 Å². The van der Waals surface area contributed by atoms with Crippen molar-refractivity contribution in [3.05, 3.63) is 54.1 Å². The van der Waals surface area contributed by atoms with Crippen LogP contribution >= 0.6 is 0 Å². The lowest BCUT2D eigenvalue weighted by atomic mass is 10.0. The van der Waals surface area contributed by atoms with Gasteiger partial charge in [-0.1, -0.05) is 49.4 Å². The SMILES string of the molecule is CCCNCc1ccc(-c2ccccc2OCC)cc1. The van der Waals surface area contributed by atoms with Crippen molar-refractivity contribution in [3.8, 4) is 16.9 Å². The summed E-state index contributed by atoms with van der Waals surface area (Å²) in [7, 11) is 0. The Morgan fingerprint density at radius 2 is 1.70 bits per heavy atom. The van der Waals surface area contributed by atoms with Crippen LogP contribution in [-0.4, -0.2) is 13.2 Å². The molecule has 1 N–H and O–H groups in total. The van der Waals surface area contributed by atoms with Crippen LogP contribution in [0.1, 0.15) is 25.8 Å². The molecule has 0 bridgehead atoms. The van der Waals surface area contributed by atoms with E-state index in [-0.39, 0.29) is 0 Å². The minimum atomic E-state index is 0.691. The largest absolute Gasteiger partial charge is 0.493 e. The van der Waals surface area contributed by atoms with Crippen molar-refractivity contribution < 1.29 is 4.74 Å². The lowest BCUT2D eigenvalue weighted by molar-refractivity contribution is 0.341. The number of nitrogens with one attached hydrogen (secondary N) is 1. The first kappa shape index (κ1) is 14.6. The third-order valence-corrected chi connectivity index (χ3v) is 3.21. The van der Waals surface area contributed by atoms with Gasteiger partial charge in [0.15, 0.2) is 0 Å². The van der Waals surface area contributed by atoms with E-state index in [1.807, 2.05) is 19.1 Å². The number of ether oxygens (including phenoxy) is 1. The van der Waals surface area contributed by atoms with Crippen molar-refractivity contribution in [2.75, 3.05) is 13.2 Å². The molecule has 20 heavy (non-hydrogen) atoms. The quantitative estimate of drug-likeness (QED) is 0.759. The van der Waals surface area contributed by atoms with Crippen molar-refractivity contribution in [3.63, 3.8) is 0 Å². The lowest BCUT2D eigenvalue weighted by Gasteiger charge is -2.11.